The van der Waals surface area contributed by atoms with E-state index < -0.39 is 0 Å². The van der Waals surface area contributed by atoms with Crippen LogP contribution < -0.4 is 10.1 Å². The summed E-state index contributed by atoms with van der Waals surface area (Å²) in [7, 11) is 1.64. The molecule has 0 amide bonds. The second-order valence-electron chi connectivity index (χ2n) is 8.58. The van der Waals surface area contributed by atoms with E-state index in [4.69, 9.17) is 31.2 Å². The summed E-state index contributed by atoms with van der Waals surface area (Å²) in [6.07, 6.45) is 0.855. The molecule has 1 aromatic heterocycles. The maximum Gasteiger partial charge on any atom is 0.258 e. The average molecular weight is 493 g/mol. The summed E-state index contributed by atoms with van der Waals surface area (Å²) in [5.74, 6) is 1.71. The number of benzene rings is 2. The maximum absolute atomic E-state index is 5.84. The van der Waals surface area contributed by atoms with E-state index in [-0.39, 0.29) is 6.04 Å². The number of rotatable bonds is 9. The lowest BCUT2D eigenvalue weighted by Crippen LogP contribution is -2.46. The Morgan fingerprint density at radius 3 is 2.69 bits per heavy atom. The summed E-state index contributed by atoms with van der Waals surface area (Å²) in [5, 5.41) is 8.49. The van der Waals surface area contributed by atoms with Gasteiger partial charge in [-0.25, -0.2) is 0 Å². The first-order valence-corrected chi connectivity index (χ1v) is 12.3. The highest BCUT2D eigenvalue weighted by Gasteiger charge is 2.34. The molecule has 4 rings (SSSR count). The Kier molecular flexibility index (Phi) is 7.83. The quantitative estimate of drug-likeness (QED) is 0.312. The first-order chi connectivity index (χ1) is 16.9. The predicted octanol–water partition coefficient (Wildman–Crippen LogP) is 5.45. The monoisotopic (exact) mass is 492 g/mol. The van der Waals surface area contributed by atoms with Gasteiger partial charge in [-0.2, -0.15) is 4.98 Å². The minimum atomic E-state index is -0.205. The number of methoxy groups -OCH3 is 1. The molecule has 0 bridgehead atoms. The minimum Gasteiger partial charge on any atom is -0.497 e. The summed E-state index contributed by atoms with van der Waals surface area (Å²) < 4.78 is 16.7. The zero-order valence-electron chi connectivity index (χ0n) is 20.9. The van der Waals surface area contributed by atoms with Crippen molar-refractivity contribution < 1.29 is 14.0 Å². The molecule has 1 aliphatic rings. The Hall–Kier alpha value is -3.23. The normalized spacial score (nSPS) is 16.0. The summed E-state index contributed by atoms with van der Waals surface area (Å²) >= 11 is 5.79. The molecule has 3 aromatic rings. The number of hydrogen-bond donors (Lipinski definition) is 1. The minimum absolute atomic E-state index is 0.205. The first kappa shape index (κ1) is 24.9. The van der Waals surface area contributed by atoms with Crippen molar-refractivity contribution in [3.8, 4) is 17.1 Å². The number of nitrogens with zero attached hydrogens (tertiary/aromatic N) is 3. The van der Waals surface area contributed by atoms with Crippen molar-refractivity contribution in [3.63, 3.8) is 0 Å². The molecule has 1 aliphatic heterocycles. The van der Waals surface area contributed by atoms with Gasteiger partial charge in [0.1, 0.15) is 5.75 Å². The molecule has 7 nitrogen and oxygen atoms in total. The highest BCUT2D eigenvalue weighted by molar-refractivity contribution is 7.80. The van der Waals surface area contributed by atoms with Gasteiger partial charge < -0.3 is 24.2 Å². The molecular formula is C27H32N4O3S. The average Bonchev–Trinajstić information content (AvgIpc) is 3.34. The van der Waals surface area contributed by atoms with Gasteiger partial charge in [0.05, 0.1) is 18.7 Å². The van der Waals surface area contributed by atoms with Crippen molar-refractivity contribution in [1.82, 2.24) is 20.4 Å². The molecule has 0 saturated carbocycles. The zero-order valence-corrected chi connectivity index (χ0v) is 21.7. The van der Waals surface area contributed by atoms with E-state index in [0.717, 1.165) is 41.1 Å². The van der Waals surface area contributed by atoms with E-state index in [1.807, 2.05) is 31.2 Å². The summed E-state index contributed by atoms with van der Waals surface area (Å²) in [4.78, 5) is 6.88. The summed E-state index contributed by atoms with van der Waals surface area (Å²) in [6.45, 7) is 10.4. The fraction of sp³-hybridized carbons (Fsp3) is 0.370. The van der Waals surface area contributed by atoms with Crippen LogP contribution in [0.2, 0.25) is 0 Å². The Morgan fingerprint density at radius 2 is 1.94 bits per heavy atom. The fourth-order valence-corrected chi connectivity index (χ4v) is 4.55. The highest BCUT2D eigenvalue weighted by Crippen LogP contribution is 2.38. The number of aromatic nitrogens is 2. The van der Waals surface area contributed by atoms with E-state index in [1.165, 1.54) is 11.1 Å². The lowest BCUT2D eigenvalue weighted by molar-refractivity contribution is 0.141. The van der Waals surface area contributed by atoms with Gasteiger partial charge in [-0.15, -0.1) is 0 Å². The van der Waals surface area contributed by atoms with Crippen LogP contribution in [-0.4, -0.2) is 47.0 Å². The van der Waals surface area contributed by atoms with Gasteiger partial charge in [-0.1, -0.05) is 35.5 Å². The molecule has 2 aromatic carbocycles. The third-order valence-electron chi connectivity index (χ3n) is 6.32. The Labute approximate surface area is 212 Å². The molecule has 2 heterocycles. The van der Waals surface area contributed by atoms with Gasteiger partial charge in [0, 0.05) is 31.0 Å². The number of hydrogen-bond acceptors (Lipinski definition) is 6. The van der Waals surface area contributed by atoms with Crippen LogP contribution in [0.25, 0.3) is 17.0 Å². The van der Waals surface area contributed by atoms with Crippen LogP contribution in [0.5, 0.6) is 5.75 Å². The molecule has 184 valence electrons. The van der Waals surface area contributed by atoms with Crippen LogP contribution in [0.15, 0.2) is 52.7 Å². The lowest BCUT2D eigenvalue weighted by Gasteiger charge is -2.37. The number of ether oxygens (including phenoxy) is 2. The first-order valence-electron chi connectivity index (χ1n) is 11.8. The summed E-state index contributed by atoms with van der Waals surface area (Å²) in [6, 6.07) is 13.9. The zero-order chi connectivity index (χ0) is 24.9. The molecule has 0 saturated heterocycles. The van der Waals surface area contributed by atoms with E-state index in [2.05, 4.69) is 54.3 Å². The van der Waals surface area contributed by atoms with Gasteiger partial charge in [0.15, 0.2) is 5.11 Å². The van der Waals surface area contributed by atoms with Crippen LogP contribution in [0.4, 0.5) is 0 Å². The van der Waals surface area contributed by atoms with E-state index in [9.17, 15) is 0 Å². The standard InChI is InChI=1S/C27H32N4O3S/c1-6-33-14-8-13-31-19(4)23(24(28-27(31)35)20-12-11-17(2)18(3)15-20)26-29-25(30-34-26)21-9-7-10-22(16-21)32-5/h7,9-12,15-16,24H,6,8,13-14H2,1-5H3,(H,28,35). The van der Waals surface area contributed by atoms with Crippen molar-refractivity contribution in [2.45, 2.75) is 40.2 Å². The summed E-state index contributed by atoms with van der Waals surface area (Å²) in [5.41, 5.74) is 6.29. The van der Waals surface area contributed by atoms with Crippen LogP contribution in [-0.2, 0) is 4.74 Å². The van der Waals surface area contributed by atoms with Crippen LogP contribution in [0.1, 0.15) is 48.9 Å². The molecule has 35 heavy (non-hydrogen) atoms. The van der Waals surface area contributed by atoms with Crippen molar-refractivity contribution in [3.05, 3.63) is 70.7 Å². The topological polar surface area (TPSA) is 72.7 Å². The molecular weight excluding hydrogens is 460 g/mol. The van der Waals surface area contributed by atoms with E-state index in [0.29, 0.717) is 30.0 Å². The second-order valence-corrected chi connectivity index (χ2v) is 8.97. The number of aryl methyl sites for hydroxylation is 2. The molecule has 1 unspecified atom stereocenters. The predicted molar refractivity (Wildman–Crippen MR) is 141 cm³/mol. The SMILES string of the molecule is CCOCCCN1C(=S)NC(c2ccc(C)c(C)c2)C(c2nc(-c3cccc(OC)c3)no2)=C1C. The number of allylic oxidation sites excluding steroid dienone is 1. The van der Waals surface area contributed by atoms with Crippen LogP contribution in [0.3, 0.4) is 0 Å². The van der Waals surface area contributed by atoms with E-state index >= 15 is 0 Å². The third-order valence-corrected chi connectivity index (χ3v) is 6.66. The van der Waals surface area contributed by atoms with Crippen molar-refractivity contribution in [1.29, 1.82) is 0 Å². The molecule has 1 N–H and O–H groups in total. The molecule has 8 heteroatoms. The largest absolute Gasteiger partial charge is 0.497 e. The molecule has 0 aliphatic carbocycles. The maximum atomic E-state index is 5.84. The fourth-order valence-electron chi connectivity index (χ4n) is 4.20. The van der Waals surface area contributed by atoms with Gasteiger partial charge in [-0.3, -0.25) is 0 Å². The second kappa shape index (κ2) is 11.0. The Bertz CT molecular complexity index is 1240. The molecule has 0 radical (unpaired) electrons. The van der Waals surface area contributed by atoms with Crippen molar-refractivity contribution >= 4 is 22.9 Å². The third kappa shape index (κ3) is 5.39. The van der Waals surface area contributed by atoms with Crippen molar-refractivity contribution in [2.75, 3.05) is 26.9 Å². The molecule has 1 atom stereocenters. The van der Waals surface area contributed by atoms with Gasteiger partial charge in [-0.05, 0) is 75.2 Å². The van der Waals surface area contributed by atoms with Crippen LogP contribution in [0, 0.1) is 13.8 Å². The Morgan fingerprint density at radius 1 is 1.11 bits per heavy atom. The smallest absolute Gasteiger partial charge is 0.258 e. The lowest BCUT2D eigenvalue weighted by atomic mass is 9.92. The highest BCUT2D eigenvalue weighted by atomic mass is 32.1. The van der Waals surface area contributed by atoms with Gasteiger partial charge in [0.25, 0.3) is 5.89 Å². The van der Waals surface area contributed by atoms with Gasteiger partial charge >= 0.3 is 0 Å². The number of thiocarbonyl (C=S) groups is 1. The molecule has 0 spiro atoms. The molecule has 0 fully saturated rings. The van der Waals surface area contributed by atoms with E-state index in [1.54, 1.807) is 7.11 Å². The van der Waals surface area contributed by atoms with Gasteiger partial charge in [0.2, 0.25) is 5.82 Å². The van der Waals surface area contributed by atoms with Crippen LogP contribution >= 0.6 is 12.2 Å². The number of nitrogens with one attached hydrogen (secondary N) is 1. The Balaban J connectivity index is 1.75. The van der Waals surface area contributed by atoms with Crippen molar-refractivity contribution in [2.24, 2.45) is 0 Å².